The van der Waals surface area contributed by atoms with Crippen molar-refractivity contribution in [1.29, 1.82) is 0 Å². The topological polar surface area (TPSA) is 54.5 Å². The van der Waals surface area contributed by atoms with Crippen molar-refractivity contribution >= 4 is 34.0 Å². The number of rotatable bonds is 7. The van der Waals surface area contributed by atoms with E-state index in [1.54, 1.807) is 11.3 Å². The lowest BCUT2D eigenvalue weighted by Crippen LogP contribution is -2.38. The molecule has 1 aliphatic rings. The number of carbonyl (C=O) groups is 1. The van der Waals surface area contributed by atoms with E-state index in [1.807, 2.05) is 6.92 Å². The number of carbonyl (C=O) groups excluding carboxylic acids is 1. The predicted octanol–water partition coefficient (Wildman–Crippen LogP) is 4.67. The van der Waals surface area contributed by atoms with Gasteiger partial charge in [-0.05, 0) is 49.8 Å². The van der Waals surface area contributed by atoms with E-state index in [2.05, 4.69) is 58.9 Å². The first-order chi connectivity index (χ1) is 14.7. The number of thiophene rings is 1. The van der Waals surface area contributed by atoms with E-state index < -0.39 is 0 Å². The molecule has 0 unspecified atom stereocenters. The highest BCUT2D eigenvalue weighted by molar-refractivity contribution is 7.09. The number of benzene rings is 1. The fourth-order valence-electron chi connectivity index (χ4n) is 4.11. The second-order valence-corrected chi connectivity index (χ2v) is 8.85. The van der Waals surface area contributed by atoms with Crippen LogP contribution < -0.4 is 10.2 Å². The molecule has 0 amide bonds. The Morgan fingerprint density at radius 2 is 2.07 bits per heavy atom. The first-order valence-corrected chi connectivity index (χ1v) is 11.6. The van der Waals surface area contributed by atoms with Crippen molar-refractivity contribution in [3.05, 3.63) is 57.8 Å². The van der Waals surface area contributed by atoms with Gasteiger partial charge in [-0.25, -0.2) is 4.98 Å². The summed E-state index contributed by atoms with van der Waals surface area (Å²) in [5.74, 6) is 0.985. The van der Waals surface area contributed by atoms with E-state index in [1.165, 1.54) is 21.4 Å². The molecule has 0 spiro atoms. The SMILES string of the molecule is CCOC(=O)C1CCN(c2nc3c(C)cccc3cc2CNCc2cccs2)CC1. The van der Waals surface area contributed by atoms with Gasteiger partial charge in [0.2, 0.25) is 0 Å². The van der Waals surface area contributed by atoms with Crippen molar-refractivity contribution in [2.75, 3.05) is 24.6 Å². The van der Waals surface area contributed by atoms with Crippen LogP contribution >= 0.6 is 11.3 Å². The van der Waals surface area contributed by atoms with Crippen molar-refractivity contribution in [3.63, 3.8) is 0 Å². The number of aromatic nitrogens is 1. The molecule has 1 aliphatic heterocycles. The summed E-state index contributed by atoms with van der Waals surface area (Å²) in [6.45, 7) is 7.70. The Hall–Kier alpha value is -2.44. The number of nitrogens with one attached hydrogen (secondary N) is 1. The zero-order chi connectivity index (χ0) is 20.9. The van der Waals surface area contributed by atoms with Crippen LogP contribution in [0, 0.1) is 12.8 Å². The van der Waals surface area contributed by atoms with Gasteiger partial charge >= 0.3 is 5.97 Å². The largest absolute Gasteiger partial charge is 0.466 e. The minimum Gasteiger partial charge on any atom is -0.466 e. The summed E-state index contributed by atoms with van der Waals surface area (Å²) in [7, 11) is 0. The Morgan fingerprint density at radius 1 is 1.23 bits per heavy atom. The molecule has 1 fully saturated rings. The Morgan fingerprint density at radius 3 is 2.80 bits per heavy atom. The molecule has 0 aliphatic carbocycles. The maximum Gasteiger partial charge on any atom is 0.309 e. The van der Waals surface area contributed by atoms with Gasteiger partial charge in [-0.2, -0.15) is 0 Å². The fourth-order valence-corrected chi connectivity index (χ4v) is 4.78. The van der Waals surface area contributed by atoms with Crippen molar-refractivity contribution < 1.29 is 9.53 Å². The number of nitrogens with zero attached hydrogens (tertiary/aromatic N) is 2. The summed E-state index contributed by atoms with van der Waals surface area (Å²) in [5, 5.41) is 6.86. The zero-order valence-electron chi connectivity index (χ0n) is 17.7. The van der Waals surface area contributed by atoms with Gasteiger partial charge in [-0.3, -0.25) is 4.79 Å². The summed E-state index contributed by atoms with van der Waals surface area (Å²) in [6.07, 6.45) is 1.63. The van der Waals surface area contributed by atoms with Crippen molar-refractivity contribution in [1.82, 2.24) is 10.3 Å². The van der Waals surface area contributed by atoms with E-state index >= 15 is 0 Å². The third-order valence-corrected chi connectivity index (χ3v) is 6.59. The number of aryl methyl sites for hydroxylation is 1. The van der Waals surface area contributed by atoms with E-state index in [0.29, 0.717) is 6.61 Å². The number of hydrogen-bond donors (Lipinski definition) is 1. The van der Waals surface area contributed by atoms with Crippen LogP contribution in [-0.4, -0.2) is 30.6 Å². The molecule has 1 N–H and O–H groups in total. The smallest absolute Gasteiger partial charge is 0.309 e. The predicted molar refractivity (Wildman–Crippen MR) is 123 cm³/mol. The minimum atomic E-state index is -0.0581. The summed E-state index contributed by atoms with van der Waals surface area (Å²) in [5.41, 5.74) is 3.45. The minimum absolute atomic E-state index is 0.00351. The molecule has 3 heterocycles. The lowest BCUT2D eigenvalue weighted by Gasteiger charge is -2.33. The number of piperidine rings is 1. The molecule has 1 saturated heterocycles. The lowest BCUT2D eigenvalue weighted by molar-refractivity contribution is -0.148. The van der Waals surface area contributed by atoms with Gasteiger partial charge in [0.1, 0.15) is 5.82 Å². The molecule has 0 atom stereocenters. The lowest BCUT2D eigenvalue weighted by atomic mass is 9.96. The van der Waals surface area contributed by atoms with Crippen LogP contribution in [0.4, 0.5) is 5.82 Å². The number of pyridine rings is 1. The fraction of sp³-hybridized carbons (Fsp3) is 0.417. The highest BCUT2D eigenvalue weighted by Crippen LogP contribution is 2.29. The van der Waals surface area contributed by atoms with E-state index in [4.69, 9.17) is 9.72 Å². The molecule has 3 aromatic rings. The van der Waals surface area contributed by atoms with Crippen LogP contribution in [0.15, 0.2) is 41.8 Å². The maximum atomic E-state index is 12.1. The van der Waals surface area contributed by atoms with Crippen LogP contribution in [0.25, 0.3) is 10.9 Å². The van der Waals surface area contributed by atoms with Crippen LogP contribution in [0.2, 0.25) is 0 Å². The van der Waals surface area contributed by atoms with Gasteiger partial charge in [0, 0.05) is 42.0 Å². The number of anilines is 1. The molecule has 0 saturated carbocycles. The average Bonchev–Trinajstić information content (AvgIpc) is 3.27. The maximum absolute atomic E-state index is 12.1. The summed E-state index contributed by atoms with van der Waals surface area (Å²) >= 11 is 1.77. The number of hydrogen-bond acceptors (Lipinski definition) is 6. The quantitative estimate of drug-likeness (QED) is 0.560. The summed E-state index contributed by atoms with van der Waals surface area (Å²) < 4.78 is 5.23. The standard InChI is InChI=1S/C24H29N3O2S/c1-3-29-24(28)18-9-11-27(12-10-18)23-20(15-25-16-21-8-5-13-30-21)14-19-7-4-6-17(2)22(19)26-23/h4-8,13-14,18,25H,3,9-12,15-16H2,1-2H3. The monoisotopic (exact) mass is 423 g/mol. The highest BCUT2D eigenvalue weighted by atomic mass is 32.1. The molecular formula is C24H29N3O2S. The molecule has 2 aromatic heterocycles. The van der Waals surface area contributed by atoms with Gasteiger partial charge in [0.05, 0.1) is 18.0 Å². The molecule has 4 rings (SSSR count). The first-order valence-electron chi connectivity index (χ1n) is 10.7. The van der Waals surface area contributed by atoms with Gasteiger partial charge in [-0.15, -0.1) is 11.3 Å². The third-order valence-electron chi connectivity index (χ3n) is 5.71. The van der Waals surface area contributed by atoms with Crippen LogP contribution in [0.5, 0.6) is 0 Å². The van der Waals surface area contributed by atoms with Crippen molar-refractivity contribution in [2.45, 2.75) is 39.8 Å². The summed E-state index contributed by atoms with van der Waals surface area (Å²) in [4.78, 5) is 20.9. The van der Waals surface area contributed by atoms with Gasteiger partial charge in [0.25, 0.3) is 0 Å². The van der Waals surface area contributed by atoms with Gasteiger partial charge in [-0.1, -0.05) is 24.3 Å². The van der Waals surface area contributed by atoms with Crippen molar-refractivity contribution in [2.24, 2.45) is 5.92 Å². The second kappa shape index (κ2) is 9.58. The highest BCUT2D eigenvalue weighted by Gasteiger charge is 2.27. The van der Waals surface area contributed by atoms with Gasteiger partial charge < -0.3 is 15.0 Å². The Balaban J connectivity index is 1.55. The normalized spacial score (nSPS) is 14.9. The van der Waals surface area contributed by atoms with Crippen LogP contribution in [-0.2, 0) is 22.6 Å². The number of esters is 1. The molecule has 0 bridgehead atoms. The molecule has 6 heteroatoms. The molecular weight excluding hydrogens is 394 g/mol. The molecule has 5 nitrogen and oxygen atoms in total. The number of para-hydroxylation sites is 1. The van der Waals surface area contributed by atoms with Crippen molar-refractivity contribution in [3.8, 4) is 0 Å². The molecule has 158 valence electrons. The molecule has 0 radical (unpaired) electrons. The number of fused-ring (bicyclic) bond motifs is 1. The first kappa shape index (κ1) is 20.8. The molecule has 30 heavy (non-hydrogen) atoms. The summed E-state index contributed by atoms with van der Waals surface area (Å²) in [6, 6.07) is 12.8. The Labute approximate surface area is 182 Å². The van der Waals surface area contributed by atoms with Crippen LogP contribution in [0.1, 0.15) is 35.8 Å². The van der Waals surface area contributed by atoms with E-state index in [9.17, 15) is 4.79 Å². The van der Waals surface area contributed by atoms with E-state index in [0.717, 1.165) is 50.4 Å². The zero-order valence-corrected chi connectivity index (χ0v) is 18.5. The average molecular weight is 424 g/mol. The molecule has 1 aromatic carbocycles. The Bertz CT molecular complexity index is 995. The van der Waals surface area contributed by atoms with Gasteiger partial charge in [0.15, 0.2) is 0 Å². The van der Waals surface area contributed by atoms with Crippen LogP contribution in [0.3, 0.4) is 0 Å². The van der Waals surface area contributed by atoms with E-state index in [-0.39, 0.29) is 11.9 Å². The number of ether oxygens (including phenoxy) is 1. The second-order valence-electron chi connectivity index (χ2n) is 7.81. The Kier molecular flexibility index (Phi) is 6.65. The third kappa shape index (κ3) is 4.65.